The number of phenols is 1. The van der Waals surface area contributed by atoms with Gasteiger partial charge in [0, 0.05) is 32.6 Å². The molecule has 0 radical (unpaired) electrons. The maximum absolute atomic E-state index is 10.00. The summed E-state index contributed by atoms with van der Waals surface area (Å²) in [4.78, 5) is 15.5. The molecule has 2 heterocycles. The largest absolute Gasteiger partial charge is 0.507 e. The van der Waals surface area contributed by atoms with Crippen LogP contribution in [0.15, 0.2) is 44.4 Å². The van der Waals surface area contributed by atoms with Gasteiger partial charge in [-0.05, 0) is 58.7 Å². The fourth-order valence-electron chi connectivity index (χ4n) is 3.03. The summed E-state index contributed by atoms with van der Waals surface area (Å²) in [6, 6.07) is 8.80. The van der Waals surface area contributed by atoms with Crippen molar-refractivity contribution in [3.05, 3.63) is 55.4 Å². The molecule has 33 heavy (non-hydrogen) atoms. The van der Waals surface area contributed by atoms with E-state index < -0.39 is 0 Å². The first-order chi connectivity index (χ1) is 15.9. The Hall–Kier alpha value is -2.47. The number of aromatic hydroxyl groups is 1. The lowest BCUT2D eigenvalue weighted by Gasteiger charge is -2.27. The summed E-state index contributed by atoms with van der Waals surface area (Å²) < 4.78 is 7.09. The first kappa shape index (κ1) is 23.7. The van der Waals surface area contributed by atoms with Crippen LogP contribution in [0.4, 0.5) is 23.5 Å². The zero-order chi connectivity index (χ0) is 23.4. The van der Waals surface area contributed by atoms with Gasteiger partial charge in [0.1, 0.15) is 5.75 Å². The van der Waals surface area contributed by atoms with Gasteiger partial charge in [0.2, 0.25) is 17.8 Å². The predicted molar refractivity (Wildman–Crippen MR) is 137 cm³/mol. The monoisotopic (exact) mass is 595 g/mol. The van der Waals surface area contributed by atoms with Crippen molar-refractivity contribution < 1.29 is 9.84 Å². The van der Waals surface area contributed by atoms with E-state index in [-0.39, 0.29) is 11.7 Å². The maximum atomic E-state index is 10.00. The lowest BCUT2D eigenvalue weighted by molar-refractivity contribution is 0.122. The number of halogens is 3. The number of hydrazone groups is 1. The molecule has 1 aromatic heterocycles. The standard InChI is InChI=1S/C21H20Br2ClN7O2/c1-12-8-15(23)17(10-16(12)24)26-19-27-20(29-21(28-19)31-4-6-33-7-5-31)30-25-11-13-9-14(22)2-3-18(13)32/h2-3,8-11,32H,4-7H2,1H3,(H2,26,27,28,29,30)/b25-11+. The van der Waals surface area contributed by atoms with Gasteiger partial charge in [0.15, 0.2) is 0 Å². The number of benzene rings is 2. The Morgan fingerprint density at radius 2 is 1.88 bits per heavy atom. The van der Waals surface area contributed by atoms with Crippen molar-refractivity contribution in [1.29, 1.82) is 0 Å². The van der Waals surface area contributed by atoms with Crippen molar-refractivity contribution in [3.63, 3.8) is 0 Å². The van der Waals surface area contributed by atoms with E-state index in [4.69, 9.17) is 16.3 Å². The van der Waals surface area contributed by atoms with E-state index in [2.05, 4.69) is 62.7 Å². The zero-order valence-corrected chi connectivity index (χ0v) is 21.4. The molecular formula is C21H20Br2ClN7O2. The molecule has 0 saturated carbocycles. The van der Waals surface area contributed by atoms with Crippen molar-refractivity contribution in [2.24, 2.45) is 5.10 Å². The van der Waals surface area contributed by atoms with Crippen LogP contribution in [0.3, 0.4) is 0 Å². The molecule has 12 heteroatoms. The van der Waals surface area contributed by atoms with Crippen LogP contribution in [0, 0.1) is 6.92 Å². The lowest BCUT2D eigenvalue weighted by Crippen LogP contribution is -2.37. The maximum Gasteiger partial charge on any atom is 0.250 e. The highest BCUT2D eigenvalue weighted by atomic mass is 79.9. The summed E-state index contributed by atoms with van der Waals surface area (Å²) in [5.41, 5.74) is 5.03. The van der Waals surface area contributed by atoms with Crippen molar-refractivity contribution in [2.45, 2.75) is 6.92 Å². The first-order valence-corrected chi connectivity index (χ1v) is 11.9. The van der Waals surface area contributed by atoms with Gasteiger partial charge >= 0.3 is 0 Å². The van der Waals surface area contributed by atoms with Gasteiger partial charge in [-0.2, -0.15) is 20.1 Å². The topological polar surface area (TPSA) is 108 Å². The Morgan fingerprint density at radius 3 is 2.67 bits per heavy atom. The summed E-state index contributed by atoms with van der Waals surface area (Å²) in [5, 5.41) is 18.0. The van der Waals surface area contributed by atoms with Crippen molar-refractivity contribution in [3.8, 4) is 5.75 Å². The normalized spacial score (nSPS) is 14.0. The van der Waals surface area contributed by atoms with Gasteiger partial charge in [-0.3, -0.25) is 0 Å². The van der Waals surface area contributed by atoms with Crippen LogP contribution in [0.5, 0.6) is 5.75 Å². The number of rotatable bonds is 6. The van der Waals surface area contributed by atoms with Gasteiger partial charge in [0.25, 0.3) is 0 Å². The van der Waals surface area contributed by atoms with E-state index in [9.17, 15) is 5.11 Å². The number of nitrogens with zero attached hydrogens (tertiary/aromatic N) is 5. The van der Waals surface area contributed by atoms with Crippen LogP contribution in [-0.4, -0.2) is 52.6 Å². The summed E-state index contributed by atoms with van der Waals surface area (Å²) in [7, 11) is 0. The molecule has 1 fully saturated rings. The second-order valence-electron chi connectivity index (χ2n) is 7.16. The molecular weight excluding hydrogens is 578 g/mol. The molecule has 0 unspecified atom stereocenters. The summed E-state index contributed by atoms with van der Waals surface area (Å²) in [6.07, 6.45) is 1.49. The highest BCUT2D eigenvalue weighted by Crippen LogP contribution is 2.31. The van der Waals surface area contributed by atoms with E-state index in [1.807, 2.05) is 17.9 Å². The van der Waals surface area contributed by atoms with Gasteiger partial charge in [-0.25, -0.2) is 5.43 Å². The minimum Gasteiger partial charge on any atom is -0.507 e. The molecule has 3 aromatic rings. The van der Waals surface area contributed by atoms with Crippen LogP contribution in [0.25, 0.3) is 0 Å². The fourth-order valence-corrected chi connectivity index (χ4v) is 4.13. The van der Waals surface area contributed by atoms with E-state index in [1.165, 1.54) is 6.21 Å². The number of nitrogens with one attached hydrogen (secondary N) is 2. The number of aryl methyl sites for hydroxylation is 1. The Balaban J connectivity index is 1.62. The van der Waals surface area contributed by atoms with Gasteiger partial charge in [0.05, 0.1) is 25.1 Å². The minimum atomic E-state index is 0.108. The Morgan fingerprint density at radius 1 is 1.12 bits per heavy atom. The number of hydrogen-bond acceptors (Lipinski definition) is 9. The Kier molecular flexibility index (Phi) is 7.63. The summed E-state index contributed by atoms with van der Waals surface area (Å²) in [5.74, 6) is 1.18. The van der Waals surface area contributed by atoms with Crippen LogP contribution in [0.2, 0.25) is 5.02 Å². The molecule has 2 aromatic carbocycles. The summed E-state index contributed by atoms with van der Waals surface area (Å²) in [6.45, 7) is 4.45. The molecule has 172 valence electrons. The third-order valence-corrected chi connectivity index (χ3v) is 6.33. The van der Waals surface area contributed by atoms with E-state index >= 15 is 0 Å². The third-order valence-electron chi connectivity index (χ3n) is 4.77. The molecule has 3 N–H and O–H groups in total. The number of ether oxygens (including phenoxy) is 1. The fraction of sp³-hybridized carbons (Fsp3) is 0.238. The van der Waals surface area contributed by atoms with Crippen molar-refractivity contribution >= 4 is 73.2 Å². The molecule has 0 atom stereocenters. The number of phenolic OH excluding ortho intramolecular Hbond substituents is 1. The number of anilines is 4. The molecule has 4 rings (SSSR count). The molecule has 1 aliphatic heterocycles. The average molecular weight is 598 g/mol. The second kappa shape index (κ2) is 10.6. The Labute approximate surface area is 212 Å². The highest BCUT2D eigenvalue weighted by Gasteiger charge is 2.17. The quantitative estimate of drug-likeness (QED) is 0.267. The van der Waals surface area contributed by atoms with Crippen molar-refractivity contribution in [1.82, 2.24) is 15.0 Å². The molecule has 9 nitrogen and oxygen atoms in total. The first-order valence-electron chi connectivity index (χ1n) is 9.98. The zero-order valence-electron chi connectivity index (χ0n) is 17.5. The number of aromatic nitrogens is 3. The van der Waals surface area contributed by atoms with Crippen molar-refractivity contribution in [2.75, 3.05) is 41.9 Å². The van der Waals surface area contributed by atoms with Crippen LogP contribution >= 0.6 is 43.5 Å². The summed E-state index contributed by atoms with van der Waals surface area (Å²) >= 11 is 13.2. The van der Waals surface area contributed by atoms with Crippen LogP contribution in [-0.2, 0) is 4.74 Å². The van der Waals surface area contributed by atoms with E-state index in [0.29, 0.717) is 48.8 Å². The lowest BCUT2D eigenvalue weighted by atomic mass is 10.2. The third kappa shape index (κ3) is 6.11. The second-order valence-corrected chi connectivity index (χ2v) is 9.34. The molecule has 1 aliphatic rings. The predicted octanol–water partition coefficient (Wildman–Crippen LogP) is 5.09. The number of hydrogen-bond donors (Lipinski definition) is 3. The van der Waals surface area contributed by atoms with Gasteiger partial charge in [-0.1, -0.05) is 27.5 Å². The van der Waals surface area contributed by atoms with Crippen LogP contribution in [0.1, 0.15) is 11.1 Å². The highest BCUT2D eigenvalue weighted by molar-refractivity contribution is 9.10. The Bertz CT molecular complexity index is 1190. The molecule has 0 aliphatic carbocycles. The average Bonchev–Trinajstić information content (AvgIpc) is 2.80. The SMILES string of the molecule is Cc1cc(Br)c(Nc2nc(N/N=C/c3cc(Br)ccc3O)nc(N3CCOCC3)n2)cc1Cl. The number of morpholine rings is 1. The molecule has 0 amide bonds. The molecule has 1 saturated heterocycles. The van der Waals surface area contributed by atoms with E-state index in [1.54, 1.807) is 24.3 Å². The van der Waals surface area contributed by atoms with Gasteiger partial charge in [-0.15, -0.1) is 0 Å². The molecule has 0 spiro atoms. The van der Waals surface area contributed by atoms with Gasteiger partial charge < -0.3 is 20.1 Å². The smallest absolute Gasteiger partial charge is 0.250 e. The van der Waals surface area contributed by atoms with Crippen LogP contribution < -0.4 is 15.6 Å². The van der Waals surface area contributed by atoms with E-state index in [0.717, 1.165) is 20.2 Å². The minimum absolute atomic E-state index is 0.108. The molecule has 0 bridgehead atoms.